The zero-order valence-corrected chi connectivity index (χ0v) is 8.30. The second kappa shape index (κ2) is 4.02. The Bertz CT molecular complexity index is 331. The summed E-state index contributed by atoms with van der Waals surface area (Å²) in [7, 11) is 0. The number of carbonyl (C=O) groups is 1. The molecule has 14 heavy (non-hydrogen) atoms. The minimum absolute atomic E-state index is 0.200. The molecule has 0 radical (unpaired) electrons. The van der Waals surface area contributed by atoms with Crippen molar-refractivity contribution in [1.29, 1.82) is 0 Å². The fourth-order valence-electron chi connectivity index (χ4n) is 1.47. The van der Waals surface area contributed by atoms with Crippen molar-refractivity contribution in [1.82, 2.24) is 10.6 Å². The summed E-state index contributed by atoms with van der Waals surface area (Å²) in [6.45, 7) is 1.77. The van der Waals surface area contributed by atoms with Crippen molar-refractivity contribution in [2.45, 2.75) is 12.5 Å². The lowest BCUT2D eigenvalue weighted by Crippen LogP contribution is -2.35. The molecule has 1 aliphatic heterocycles. The zero-order chi connectivity index (χ0) is 9.97. The fourth-order valence-corrected chi connectivity index (χ4v) is 1.62. The van der Waals surface area contributed by atoms with Gasteiger partial charge in [0.05, 0.1) is 0 Å². The van der Waals surface area contributed by atoms with Crippen LogP contribution in [0.25, 0.3) is 0 Å². The van der Waals surface area contributed by atoms with E-state index in [9.17, 15) is 4.79 Å². The molecule has 5 heteroatoms. The van der Waals surface area contributed by atoms with Crippen LogP contribution in [0.15, 0.2) is 16.5 Å². The molecule has 2 N–H and O–H groups in total. The molecule has 0 spiro atoms. The maximum absolute atomic E-state index is 11.5. The molecule has 0 unspecified atom stereocenters. The second-order valence-corrected chi connectivity index (χ2v) is 3.64. The molecule has 1 saturated heterocycles. The first-order valence-electron chi connectivity index (χ1n) is 4.52. The molecule has 0 aliphatic carbocycles. The predicted molar refractivity (Wildman–Crippen MR) is 52.5 cm³/mol. The van der Waals surface area contributed by atoms with E-state index >= 15 is 0 Å². The number of carbonyl (C=O) groups excluding carboxylic acids is 1. The van der Waals surface area contributed by atoms with Gasteiger partial charge in [0.15, 0.2) is 11.0 Å². The summed E-state index contributed by atoms with van der Waals surface area (Å²) in [5, 5.41) is 6.25. The van der Waals surface area contributed by atoms with Gasteiger partial charge in [0.1, 0.15) is 0 Å². The van der Waals surface area contributed by atoms with Gasteiger partial charge in [0, 0.05) is 12.6 Å². The monoisotopic (exact) mass is 214 g/mol. The molecule has 1 atom stereocenters. The lowest BCUT2D eigenvalue weighted by molar-refractivity contribution is 0.0912. The lowest BCUT2D eigenvalue weighted by atomic mass is 10.2. The first-order valence-corrected chi connectivity index (χ1v) is 4.90. The number of hydrogen-bond acceptors (Lipinski definition) is 3. The average molecular weight is 215 g/mol. The molecule has 2 heterocycles. The van der Waals surface area contributed by atoms with Gasteiger partial charge in [0.2, 0.25) is 0 Å². The molecule has 76 valence electrons. The third-order valence-electron chi connectivity index (χ3n) is 2.19. The molecule has 1 aromatic rings. The number of amides is 1. The number of nitrogens with one attached hydrogen (secondary N) is 2. The summed E-state index contributed by atoms with van der Waals surface area (Å²) in [5.41, 5.74) is 0. The number of hydrogen-bond donors (Lipinski definition) is 2. The molecule has 0 aromatic carbocycles. The van der Waals surface area contributed by atoms with Gasteiger partial charge < -0.3 is 15.1 Å². The van der Waals surface area contributed by atoms with Crippen LogP contribution in [0.1, 0.15) is 17.0 Å². The summed E-state index contributed by atoms with van der Waals surface area (Å²) < 4.78 is 4.99. The minimum Gasteiger partial charge on any atom is -0.440 e. The topological polar surface area (TPSA) is 54.3 Å². The molecule has 2 rings (SSSR count). The van der Waals surface area contributed by atoms with E-state index in [0.717, 1.165) is 19.5 Å². The minimum atomic E-state index is -0.203. The van der Waals surface area contributed by atoms with Gasteiger partial charge in [-0.05, 0) is 36.7 Å². The fraction of sp³-hybridized carbons (Fsp3) is 0.444. The molecular weight excluding hydrogens is 204 g/mol. The Hall–Kier alpha value is -1.00. The van der Waals surface area contributed by atoms with Gasteiger partial charge in [-0.15, -0.1) is 0 Å². The van der Waals surface area contributed by atoms with Crippen LogP contribution in [0.4, 0.5) is 0 Å². The van der Waals surface area contributed by atoms with Crippen LogP contribution >= 0.6 is 11.6 Å². The van der Waals surface area contributed by atoms with Crippen molar-refractivity contribution in [3.8, 4) is 0 Å². The molecule has 4 nitrogen and oxygen atoms in total. The Kier molecular flexibility index (Phi) is 2.74. The summed E-state index contributed by atoms with van der Waals surface area (Å²) in [5.74, 6) is 0.0625. The van der Waals surface area contributed by atoms with Crippen LogP contribution in [-0.4, -0.2) is 25.0 Å². The average Bonchev–Trinajstić information content (AvgIpc) is 2.75. The van der Waals surface area contributed by atoms with Crippen LogP contribution in [0.2, 0.25) is 5.22 Å². The van der Waals surface area contributed by atoms with E-state index in [0.29, 0.717) is 0 Å². The van der Waals surface area contributed by atoms with Gasteiger partial charge in [0.25, 0.3) is 5.91 Å². The Balaban J connectivity index is 1.95. The first-order chi connectivity index (χ1) is 6.75. The predicted octanol–water partition coefficient (Wildman–Crippen LogP) is 1.02. The van der Waals surface area contributed by atoms with Crippen molar-refractivity contribution < 1.29 is 9.21 Å². The van der Waals surface area contributed by atoms with Gasteiger partial charge in [-0.2, -0.15) is 0 Å². The highest BCUT2D eigenvalue weighted by Crippen LogP contribution is 2.13. The Labute approximate surface area is 86.6 Å². The molecule has 1 amide bonds. The smallest absolute Gasteiger partial charge is 0.287 e. The van der Waals surface area contributed by atoms with Crippen LogP contribution in [0.5, 0.6) is 0 Å². The summed E-state index contributed by atoms with van der Waals surface area (Å²) >= 11 is 5.56. The van der Waals surface area contributed by atoms with Crippen molar-refractivity contribution in [3.05, 3.63) is 23.1 Å². The molecule has 1 fully saturated rings. The number of rotatable bonds is 2. The van der Waals surface area contributed by atoms with Crippen LogP contribution < -0.4 is 10.6 Å². The third kappa shape index (κ3) is 2.08. The van der Waals surface area contributed by atoms with Crippen molar-refractivity contribution >= 4 is 17.5 Å². The van der Waals surface area contributed by atoms with Crippen molar-refractivity contribution in [2.75, 3.05) is 13.1 Å². The number of furan rings is 1. The summed E-state index contributed by atoms with van der Waals surface area (Å²) in [6.07, 6.45) is 0.959. The molecular formula is C9H11ClN2O2. The van der Waals surface area contributed by atoms with Gasteiger partial charge >= 0.3 is 0 Å². The van der Waals surface area contributed by atoms with E-state index in [1.54, 1.807) is 12.1 Å². The summed E-state index contributed by atoms with van der Waals surface area (Å²) in [4.78, 5) is 11.5. The molecule has 0 bridgehead atoms. The highest BCUT2D eigenvalue weighted by Gasteiger charge is 2.19. The van der Waals surface area contributed by atoms with Gasteiger partial charge in [-0.1, -0.05) is 0 Å². The van der Waals surface area contributed by atoms with Crippen LogP contribution in [0.3, 0.4) is 0 Å². The standard InChI is InChI=1S/C9H11ClN2O2/c10-8-2-1-7(14-8)9(13)12-6-3-4-11-5-6/h1-2,6,11H,3-5H2,(H,12,13)/t6-/m1/s1. The quantitative estimate of drug-likeness (QED) is 0.773. The Morgan fingerprint density at radius 1 is 1.64 bits per heavy atom. The normalized spacial score (nSPS) is 21.1. The second-order valence-electron chi connectivity index (χ2n) is 3.27. The zero-order valence-electron chi connectivity index (χ0n) is 7.55. The van der Waals surface area contributed by atoms with Gasteiger partial charge in [-0.3, -0.25) is 4.79 Å². The van der Waals surface area contributed by atoms with E-state index in [2.05, 4.69) is 10.6 Å². The van der Waals surface area contributed by atoms with E-state index in [-0.39, 0.29) is 22.9 Å². The Morgan fingerprint density at radius 2 is 2.50 bits per heavy atom. The summed E-state index contributed by atoms with van der Waals surface area (Å²) in [6, 6.07) is 3.33. The van der Waals surface area contributed by atoms with Crippen molar-refractivity contribution in [2.24, 2.45) is 0 Å². The Morgan fingerprint density at radius 3 is 3.07 bits per heavy atom. The van der Waals surface area contributed by atoms with Crippen LogP contribution in [-0.2, 0) is 0 Å². The third-order valence-corrected chi connectivity index (χ3v) is 2.40. The maximum Gasteiger partial charge on any atom is 0.287 e. The van der Waals surface area contributed by atoms with E-state index in [1.165, 1.54) is 0 Å². The highest BCUT2D eigenvalue weighted by atomic mass is 35.5. The SMILES string of the molecule is O=C(N[C@@H]1CCNC1)c1ccc(Cl)o1. The highest BCUT2D eigenvalue weighted by molar-refractivity contribution is 6.29. The van der Waals surface area contributed by atoms with Gasteiger partial charge in [-0.25, -0.2) is 0 Å². The maximum atomic E-state index is 11.5. The van der Waals surface area contributed by atoms with E-state index < -0.39 is 0 Å². The molecule has 0 saturated carbocycles. The largest absolute Gasteiger partial charge is 0.440 e. The number of halogens is 1. The van der Waals surface area contributed by atoms with E-state index in [4.69, 9.17) is 16.0 Å². The lowest BCUT2D eigenvalue weighted by Gasteiger charge is -2.08. The molecule has 1 aliphatic rings. The molecule has 1 aromatic heterocycles. The first kappa shape index (κ1) is 9.55. The van der Waals surface area contributed by atoms with Crippen LogP contribution in [0, 0.1) is 0 Å². The van der Waals surface area contributed by atoms with Crippen molar-refractivity contribution in [3.63, 3.8) is 0 Å². The van der Waals surface area contributed by atoms with E-state index in [1.807, 2.05) is 0 Å².